The Morgan fingerprint density at radius 3 is 2.14 bits per heavy atom. The third kappa shape index (κ3) is 5.11. The van der Waals surface area contributed by atoms with Crippen LogP contribution in [0.3, 0.4) is 0 Å². The van der Waals surface area contributed by atoms with Crippen molar-refractivity contribution in [3.8, 4) is 0 Å². The molecule has 0 aromatic heterocycles. The molecule has 7 nitrogen and oxygen atoms in total. The highest BCUT2D eigenvalue weighted by atomic mass is 32.2. The van der Waals surface area contributed by atoms with Gasteiger partial charge in [0, 0.05) is 52.4 Å². The van der Waals surface area contributed by atoms with Gasteiger partial charge in [0.15, 0.2) is 0 Å². The molecule has 0 aliphatic carbocycles. The average Bonchev–Trinajstić information content (AvgIpc) is 2.73. The van der Waals surface area contributed by atoms with Gasteiger partial charge in [-0.1, -0.05) is 37.3 Å². The van der Waals surface area contributed by atoms with Crippen LogP contribution in [0.25, 0.3) is 0 Å². The normalized spacial score (nSPS) is 21.6. The molecule has 1 atom stereocenters. The second kappa shape index (κ2) is 9.35. The number of carbonyl (C=O) groups excluding carboxylic acids is 1. The molecule has 2 fully saturated rings. The Balaban J connectivity index is 1.51. The topological polar surface area (TPSA) is 64.2 Å². The van der Waals surface area contributed by atoms with Crippen LogP contribution in [0.4, 0.5) is 0 Å². The molecule has 0 saturated carbocycles. The second-order valence-electron chi connectivity index (χ2n) is 7.61. The minimum atomic E-state index is -3.33. The number of hydrogen-bond acceptors (Lipinski definition) is 5. The summed E-state index contributed by atoms with van der Waals surface area (Å²) < 4.78 is 27.0. The van der Waals surface area contributed by atoms with Crippen molar-refractivity contribution >= 4 is 15.9 Å². The van der Waals surface area contributed by atoms with E-state index < -0.39 is 10.0 Å². The van der Waals surface area contributed by atoms with Crippen LogP contribution in [0, 0.1) is 0 Å². The molecule has 28 heavy (non-hydrogen) atoms. The van der Waals surface area contributed by atoms with E-state index in [9.17, 15) is 13.2 Å². The van der Waals surface area contributed by atoms with Crippen LogP contribution in [0.1, 0.15) is 19.4 Å². The van der Waals surface area contributed by atoms with E-state index in [-0.39, 0.29) is 17.7 Å². The number of hydrogen-bond donors (Lipinski definition) is 0. The molecule has 2 aliphatic rings. The molecule has 8 heteroatoms. The molecular formula is C20H32N4O3S. The van der Waals surface area contributed by atoms with Gasteiger partial charge in [0.25, 0.3) is 0 Å². The largest absolute Gasteiger partial charge is 0.339 e. The van der Waals surface area contributed by atoms with Gasteiger partial charge in [0.2, 0.25) is 15.9 Å². The SMILES string of the molecule is CCN1CCN(C(=O)[C@@H](C)N2CCN(S(=O)(=O)Cc3ccccc3)CC2)CC1. The second-order valence-corrected chi connectivity index (χ2v) is 9.58. The summed E-state index contributed by atoms with van der Waals surface area (Å²) in [6.45, 7) is 10.6. The molecule has 0 unspecified atom stereocenters. The van der Waals surface area contributed by atoms with Crippen molar-refractivity contribution in [2.75, 3.05) is 58.9 Å². The molecule has 0 bridgehead atoms. The van der Waals surface area contributed by atoms with Gasteiger partial charge in [-0.05, 0) is 19.0 Å². The summed E-state index contributed by atoms with van der Waals surface area (Å²) in [5.74, 6) is 0.195. The minimum Gasteiger partial charge on any atom is -0.339 e. The Hall–Kier alpha value is -1.48. The molecule has 2 saturated heterocycles. The summed E-state index contributed by atoms with van der Waals surface area (Å²) in [6.07, 6.45) is 0. The van der Waals surface area contributed by atoms with E-state index in [0.29, 0.717) is 26.2 Å². The third-order valence-corrected chi connectivity index (χ3v) is 7.74. The molecule has 156 valence electrons. The Morgan fingerprint density at radius 2 is 1.57 bits per heavy atom. The van der Waals surface area contributed by atoms with Crippen LogP contribution >= 0.6 is 0 Å². The van der Waals surface area contributed by atoms with E-state index in [2.05, 4.69) is 16.7 Å². The Bertz CT molecular complexity index is 740. The van der Waals surface area contributed by atoms with Gasteiger partial charge in [0.1, 0.15) is 0 Å². The van der Waals surface area contributed by atoms with Crippen LogP contribution in [-0.4, -0.2) is 98.3 Å². The predicted molar refractivity (Wildman–Crippen MR) is 110 cm³/mol. The lowest BCUT2D eigenvalue weighted by Gasteiger charge is -2.40. The number of benzene rings is 1. The van der Waals surface area contributed by atoms with E-state index >= 15 is 0 Å². The molecule has 0 radical (unpaired) electrons. The molecule has 1 amide bonds. The maximum atomic E-state index is 12.8. The zero-order chi connectivity index (χ0) is 20.1. The first kappa shape index (κ1) is 21.2. The number of nitrogens with zero attached hydrogens (tertiary/aromatic N) is 4. The maximum absolute atomic E-state index is 12.8. The summed E-state index contributed by atoms with van der Waals surface area (Å²) >= 11 is 0. The molecule has 2 aliphatic heterocycles. The highest BCUT2D eigenvalue weighted by Gasteiger charge is 2.33. The van der Waals surface area contributed by atoms with Crippen molar-refractivity contribution in [1.82, 2.24) is 19.0 Å². The Labute approximate surface area is 168 Å². The van der Waals surface area contributed by atoms with Crippen molar-refractivity contribution in [3.05, 3.63) is 35.9 Å². The van der Waals surface area contributed by atoms with Gasteiger partial charge >= 0.3 is 0 Å². The molecular weight excluding hydrogens is 376 g/mol. The van der Waals surface area contributed by atoms with Crippen LogP contribution in [0.2, 0.25) is 0 Å². The fourth-order valence-electron chi connectivity index (χ4n) is 3.95. The number of carbonyl (C=O) groups is 1. The first-order chi connectivity index (χ1) is 13.4. The van der Waals surface area contributed by atoms with Gasteiger partial charge < -0.3 is 9.80 Å². The van der Waals surface area contributed by atoms with Gasteiger partial charge in [0.05, 0.1) is 11.8 Å². The standard InChI is InChI=1S/C20H32N4O3S/c1-3-21-9-11-23(12-10-21)20(25)18(2)22-13-15-24(16-14-22)28(26,27)17-19-7-5-4-6-8-19/h4-8,18H,3,9-17H2,1-2H3/t18-/m1/s1. The zero-order valence-electron chi connectivity index (χ0n) is 17.0. The van der Waals surface area contributed by atoms with Gasteiger partial charge in [-0.3, -0.25) is 9.69 Å². The number of piperazine rings is 2. The molecule has 2 heterocycles. The van der Waals surface area contributed by atoms with E-state index in [4.69, 9.17) is 0 Å². The van der Waals surface area contributed by atoms with Gasteiger partial charge in [-0.15, -0.1) is 0 Å². The molecule has 0 N–H and O–H groups in total. The fraction of sp³-hybridized carbons (Fsp3) is 0.650. The van der Waals surface area contributed by atoms with Crippen molar-refractivity contribution in [2.24, 2.45) is 0 Å². The number of amides is 1. The van der Waals surface area contributed by atoms with Crippen molar-refractivity contribution in [1.29, 1.82) is 0 Å². The third-order valence-electron chi connectivity index (χ3n) is 5.89. The minimum absolute atomic E-state index is 0.0318. The monoisotopic (exact) mass is 408 g/mol. The lowest BCUT2D eigenvalue weighted by atomic mass is 10.2. The van der Waals surface area contributed by atoms with Crippen LogP contribution in [-0.2, 0) is 20.6 Å². The highest BCUT2D eigenvalue weighted by Crippen LogP contribution is 2.16. The molecule has 1 aromatic rings. The molecule has 1 aromatic carbocycles. The van der Waals surface area contributed by atoms with E-state index in [1.165, 1.54) is 0 Å². The van der Waals surface area contributed by atoms with Gasteiger partial charge in [-0.2, -0.15) is 4.31 Å². The summed E-state index contributed by atoms with van der Waals surface area (Å²) in [5.41, 5.74) is 0.805. The smallest absolute Gasteiger partial charge is 0.239 e. The highest BCUT2D eigenvalue weighted by molar-refractivity contribution is 7.88. The lowest BCUT2D eigenvalue weighted by molar-refractivity contribution is -0.138. The fourth-order valence-corrected chi connectivity index (χ4v) is 5.47. The molecule has 3 rings (SSSR count). The first-order valence-electron chi connectivity index (χ1n) is 10.2. The molecule has 0 spiro atoms. The zero-order valence-corrected chi connectivity index (χ0v) is 17.8. The number of rotatable bonds is 6. The van der Waals surface area contributed by atoms with Crippen LogP contribution < -0.4 is 0 Å². The summed E-state index contributed by atoms with van der Waals surface area (Å²) in [5, 5.41) is 0. The van der Waals surface area contributed by atoms with Crippen molar-refractivity contribution < 1.29 is 13.2 Å². The average molecular weight is 409 g/mol. The lowest BCUT2D eigenvalue weighted by Crippen LogP contribution is -2.58. The van der Waals surface area contributed by atoms with Crippen molar-refractivity contribution in [2.45, 2.75) is 25.6 Å². The van der Waals surface area contributed by atoms with Crippen LogP contribution in [0.5, 0.6) is 0 Å². The number of sulfonamides is 1. The summed E-state index contributed by atoms with van der Waals surface area (Å²) in [6, 6.07) is 9.08. The van der Waals surface area contributed by atoms with Crippen molar-refractivity contribution in [3.63, 3.8) is 0 Å². The Morgan fingerprint density at radius 1 is 0.964 bits per heavy atom. The maximum Gasteiger partial charge on any atom is 0.239 e. The summed E-state index contributed by atoms with van der Waals surface area (Å²) in [4.78, 5) is 19.3. The first-order valence-corrected chi connectivity index (χ1v) is 11.8. The summed E-state index contributed by atoms with van der Waals surface area (Å²) in [7, 11) is -3.33. The van der Waals surface area contributed by atoms with E-state index in [0.717, 1.165) is 38.3 Å². The van der Waals surface area contributed by atoms with E-state index in [1.807, 2.05) is 42.2 Å². The predicted octanol–water partition coefficient (Wildman–Crippen LogP) is 0.687. The van der Waals surface area contributed by atoms with Crippen LogP contribution in [0.15, 0.2) is 30.3 Å². The quantitative estimate of drug-likeness (QED) is 0.693. The van der Waals surface area contributed by atoms with E-state index in [1.54, 1.807) is 4.31 Å². The number of likely N-dealkylation sites (N-methyl/N-ethyl adjacent to an activating group) is 1. The Kier molecular flexibility index (Phi) is 7.09. The van der Waals surface area contributed by atoms with Gasteiger partial charge in [-0.25, -0.2) is 8.42 Å².